The Hall–Kier alpha value is -7.14. The quantitative estimate of drug-likeness (QED) is 0.0893. The van der Waals surface area contributed by atoms with Gasteiger partial charge in [-0.1, -0.05) is 108 Å². The molecule has 0 fully saturated rings. The first kappa shape index (κ1) is 37.8. The Bertz CT molecular complexity index is 2680. The molecule has 2 aliphatic carbocycles. The summed E-state index contributed by atoms with van der Waals surface area (Å²) in [4.78, 5) is 55.7. The number of hydrogen-bond donors (Lipinski definition) is 4. The van der Waals surface area contributed by atoms with E-state index in [0.717, 1.165) is 11.1 Å². The Morgan fingerprint density at radius 3 is 1.29 bits per heavy atom. The van der Waals surface area contributed by atoms with Gasteiger partial charge in [-0.25, -0.2) is 0 Å². The lowest BCUT2D eigenvalue weighted by Crippen LogP contribution is -2.30. The fourth-order valence-corrected chi connectivity index (χ4v) is 7.12. The van der Waals surface area contributed by atoms with Crippen molar-refractivity contribution in [1.82, 2.24) is 0 Å². The summed E-state index contributed by atoms with van der Waals surface area (Å²) < 4.78 is 0. The first-order valence-corrected chi connectivity index (χ1v) is 18.9. The SMILES string of the molecule is Cc1c(Cl)cccc1N/N=C1\C(=O)C(C(=O)Nc2cccc3c(NC(=O)C4=Cc5ccccc5/C(=N\Nc5cccc(Cl)c5C)C4=O)cccc23)=Cc2ccccc21. The number of nitrogens with one attached hydrogen (secondary N) is 4. The van der Waals surface area contributed by atoms with Gasteiger partial charge in [0.1, 0.15) is 11.4 Å². The molecule has 0 bridgehead atoms. The molecule has 0 saturated carbocycles. The maximum atomic E-state index is 13.9. The molecular formula is C46H32Cl2N6O4. The third-order valence-corrected chi connectivity index (χ3v) is 10.8. The van der Waals surface area contributed by atoms with Crippen LogP contribution >= 0.6 is 23.2 Å². The predicted octanol–water partition coefficient (Wildman–Crippen LogP) is 9.61. The van der Waals surface area contributed by atoms with Crippen LogP contribution in [0.15, 0.2) is 143 Å². The van der Waals surface area contributed by atoms with Gasteiger partial charge in [0.2, 0.25) is 11.6 Å². The Balaban J connectivity index is 1.06. The highest BCUT2D eigenvalue weighted by Gasteiger charge is 2.32. The molecule has 2 amide bonds. The van der Waals surface area contributed by atoms with Gasteiger partial charge < -0.3 is 10.6 Å². The van der Waals surface area contributed by atoms with Gasteiger partial charge in [-0.2, -0.15) is 10.2 Å². The minimum Gasteiger partial charge on any atom is -0.321 e. The molecule has 58 heavy (non-hydrogen) atoms. The maximum Gasteiger partial charge on any atom is 0.259 e. The average molecular weight is 804 g/mol. The molecule has 8 rings (SSSR count). The molecule has 0 radical (unpaired) electrons. The average Bonchev–Trinajstić information content (AvgIpc) is 3.23. The predicted molar refractivity (Wildman–Crippen MR) is 233 cm³/mol. The molecule has 0 aromatic heterocycles. The zero-order valence-corrected chi connectivity index (χ0v) is 32.5. The van der Waals surface area contributed by atoms with Gasteiger partial charge in [-0.15, -0.1) is 0 Å². The van der Waals surface area contributed by atoms with Crippen LogP contribution in [-0.4, -0.2) is 34.8 Å². The summed E-state index contributed by atoms with van der Waals surface area (Å²) in [6.07, 6.45) is 3.09. The number of ketones is 2. The molecule has 0 heterocycles. The van der Waals surface area contributed by atoms with Crippen LogP contribution in [0.3, 0.4) is 0 Å². The molecular weight excluding hydrogens is 771 g/mol. The van der Waals surface area contributed by atoms with Crippen LogP contribution in [0, 0.1) is 13.8 Å². The summed E-state index contributed by atoms with van der Waals surface area (Å²) >= 11 is 12.6. The van der Waals surface area contributed by atoms with Crippen LogP contribution in [0.2, 0.25) is 10.0 Å². The molecule has 10 nitrogen and oxygen atoms in total. The second-order valence-electron chi connectivity index (χ2n) is 13.5. The minimum atomic E-state index is -0.641. The van der Waals surface area contributed by atoms with Crippen LogP contribution in [0.4, 0.5) is 22.7 Å². The summed E-state index contributed by atoms with van der Waals surface area (Å²) in [7, 11) is 0. The summed E-state index contributed by atoms with van der Waals surface area (Å²) in [6.45, 7) is 3.67. The zero-order valence-electron chi connectivity index (χ0n) is 31.0. The summed E-state index contributed by atoms with van der Waals surface area (Å²) in [5.41, 5.74) is 11.8. The van der Waals surface area contributed by atoms with Crippen molar-refractivity contribution in [3.05, 3.63) is 176 Å². The molecule has 284 valence electrons. The van der Waals surface area contributed by atoms with Crippen molar-refractivity contribution in [3.8, 4) is 0 Å². The van der Waals surface area contributed by atoms with E-state index < -0.39 is 23.4 Å². The van der Waals surface area contributed by atoms with Gasteiger partial charge in [0, 0.05) is 43.3 Å². The molecule has 2 aliphatic rings. The number of halogens is 2. The van der Waals surface area contributed by atoms with E-state index in [-0.39, 0.29) is 22.6 Å². The van der Waals surface area contributed by atoms with E-state index >= 15 is 0 Å². The van der Waals surface area contributed by atoms with E-state index in [1.807, 2.05) is 26.0 Å². The van der Waals surface area contributed by atoms with E-state index in [4.69, 9.17) is 23.2 Å². The van der Waals surface area contributed by atoms with Crippen molar-refractivity contribution in [3.63, 3.8) is 0 Å². The molecule has 0 spiro atoms. The number of hydrazone groups is 2. The number of carbonyl (C=O) groups is 4. The van der Waals surface area contributed by atoms with Crippen molar-refractivity contribution in [2.75, 3.05) is 21.5 Å². The van der Waals surface area contributed by atoms with Crippen LogP contribution < -0.4 is 21.5 Å². The summed E-state index contributed by atoms with van der Waals surface area (Å²) in [5.74, 6) is -2.41. The molecule has 6 aromatic carbocycles. The van der Waals surface area contributed by atoms with Crippen LogP contribution in [-0.2, 0) is 19.2 Å². The lowest BCUT2D eigenvalue weighted by atomic mass is 9.89. The van der Waals surface area contributed by atoms with Crippen LogP contribution in [0.5, 0.6) is 0 Å². The number of anilines is 4. The summed E-state index contributed by atoms with van der Waals surface area (Å²) in [6, 6.07) is 35.4. The van der Waals surface area contributed by atoms with Crippen molar-refractivity contribution < 1.29 is 19.2 Å². The molecule has 0 unspecified atom stereocenters. The van der Waals surface area contributed by atoms with Crippen molar-refractivity contribution in [2.45, 2.75) is 13.8 Å². The smallest absolute Gasteiger partial charge is 0.259 e. The normalized spacial score (nSPS) is 14.7. The number of amides is 2. The third-order valence-electron chi connectivity index (χ3n) is 9.97. The molecule has 12 heteroatoms. The fraction of sp³-hybridized carbons (Fsp3) is 0.0435. The second-order valence-corrected chi connectivity index (χ2v) is 14.3. The molecule has 6 aromatic rings. The van der Waals surface area contributed by atoms with E-state index in [2.05, 4.69) is 31.7 Å². The monoisotopic (exact) mass is 802 g/mol. The molecule has 4 N–H and O–H groups in total. The Morgan fingerprint density at radius 1 is 0.483 bits per heavy atom. The first-order chi connectivity index (χ1) is 28.1. The number of rotatable bonds is 8. The maximum absolute atomic E-state index is 13.9. The van der Waals surface area contributed by atoms with Gasteiger partial charge in [0.25, 0.3) is 11.8 Å². The number of nitrogens with zero attached hydrogens (tertiary/aromatic N) is 2. The van der Waals surface area contributed by atoms with E-state index in [0.29, 0.717) is 65.8 Å². The molecule has 0 saturated heterocycles. The zero-order chi connectivity index (χ0) is 40.5. The van der Waals surface area contributed by atoms with Gasteiger partial charge in [-0.3, -0.25) is 30.0 Å². The lowest BCUT2D eigenvalue weighted by molar-refractivity contribution is -0.118. The number of benzene rings is 6. The Morgan fingerprint density at radius 2 is 0.862 bits per heavy atom. The van der Waals surface area contributed by atoms with Crippen molar-refractivity contribution in [2.24, 2.45) is 10.2 Å². The summed E-state index contributed by atoms with van der Waals surface area (Å²) in [5, 5.41) is 17.0. The minimum absolute atomic E-state index is 0.0725. The standard InChI is InChI=1S/C46H32Cl2N6O4/c1-25-35(47)17-9-19-37(25)51-53-41-29-13-5-3-11-27(29)23-33(43(41)55)45(57)49-39-21-7-16-32-31(39)15-8-22-40(32)50-46(58)34-24-28-12-4-6-14-30(28)42(44(34)56)54-52-38-20-10-18-36(48)26(38)2/h3-24,51-52H,1-2H3,(H,49,57)(H,50,58)/b53-41-,54-42+. The van der Waals surface area contributed by atoms with Crippen LogP contribution in [0.25, 0.3) is 22.9 Å². The molecule has 0 atom stereocenters. The Labute approximate surface area is 343 Å². The molecule has 0 aliphatic heterocycles. The van der Waals surface area contributed by atoms with Gasteiger partial charge in [0.15, 0.2) is 0 Å². The van der Waals surface area contributed by atoms with E-state index in [9.17, 15) is 19.2 Å². The topological polar surface area (TPSA) is 141 Å². The highest BCUT2D eigenvalue weighted by Crippen LogP contribution is 2.33. The number of hydrogen-bond acceptors (Lipinski definition) is 8. The number of fused-ring (bicyclic) bond motifs is 3. The number of Topliss-reactive ketones (excluding diaryl/α,β-unsaturated/α-hetero) is 2. The number of carbonyl (C=O) groups excluding carboxylic acids is 4. The van der Waals surface area contributed by atoms with Gasteiger partial charge >= 0.3 is 0 Å². The fourth-order valence-electron chi connectivity index (χ4n) is 6.77. The van der Waals surface area contributed by atoms with E-state index in [1.54, 1.807) is 121 Å². The lowest BCUT2D eigenvalue weighted by Gasteiger charge is -2.19. The first-order valence-electron chi connectivity index (χ1n) is 18.1. The Kier molecular flexibility index (Phi) is 10.3. The highest BCUT2D eigenvalue weighted by molar-refractivity contribution is 6.60. The van der Waals surface area contributed by atoms with Gasteiger partial charge in [-0.05, 0) is 84.7 Å². The van der Waals surface area contributed by atoms with Crippen LogP contribution in [0.1, 0.15) is 33.4 Å². The van der Waals surface area contributed by atoms with Crippen molar-refractivity contribution in [1.29, 1.82) is 0 Å². The second kappa shape index (κ2) is 15.8. The van der Waals surface area contributed by atoms with E-state index in [1.165, 1.54) is 0 Å². The third kappa shape index (κ3) is 7.18. The highest BCUT2D eigenvalue weighted by atomic mass is 35.5. The van der Waals surface area contributed by atoms with Gasteiger partial charge in [0.05, 0.1) is 22.5 Å². The largest absolute Gasteiger partial charge is 0.321 e. The van der Waals surface area contributed by atoms with Crippen molar-refractivity contribution >= 4 is 104 Å².